The number of carbonyl (C=O) groups is 1. The molecular weight excluding hydrogens is 357 g/mol. The number of hydrogen-bond donors (Lipinski definition) is 1. The lowest BCUT2D eigenvalue weighted by atomic mass is 10.0. The summed E-state index contributed by atoms with van der Waals surface area (Å²) in [5.74, 6) is 1.08. The number of aromatic nitrogens is 1. The van der Waals surface area contributed by atoms with E-state index in [1.165, 1.54) is 11.3 Å². The summed E-state index contributed by atoms with van der Waals surface area (Å²) in [7, 11) is 1.79. The molecule has 2 N–H and O–H groups in total. The number of hydrogen-bond acceptors (Lipinski definition) is 5. The average Bonchev–Trinajstić information content (AvgIpc) is 3.12. The van der Waals surface area contributed by atoms with E-state index in [1.54, 1.807) is 30.5 Å². The highest BCUT2D eigenvalue weighted by Crippen LogP contribution is 2.26. The Morgan fingerprint density at radius 3 is 2.70 bits per heavy atom. The summed E-state index contributed by atoms with van der Waals surface area (Å²) >= 11 is 1.34. The lowest BCUT2D eigenvalue weighted by molar-refractivity contribution is 0.0793. The fourth-order valence-corrected chi connectivity index (χ4v) is 2.73. The molecule has 2 aromatic rings. The van der Waals surface area contributed by atoms with Crippen molar-refractivity contribution < 1.29 is 9.21 Å². The molecule has 0 bridgehead atoms. The summed E-state index contributed by atoms with van der Waals surface area (Å²) in [5, 5.41) is 0.718. The molecule has 0 radical (unpaired) electrons. The molecule has 1 atom stereocenters. The maximum atomic E-state index is 12.3. The van der Waals surface area contributed by atoms with Crippen LogP contribution in [0.15, 0.2) is 29.0 Å². The molecule has 1 unspecified atom stereocenters. The van der Waals surface area contributed by atoms with Crippen LogP contribution in [0.1, 0.15) is 29.9 Å². The van der Waals surface area contributed by atoms with Crippen molar-refractivity contribution >= 4 is 42.1 Å². The van der Waals surface area contributed by atoms with Gasteiger partial charge in [-0.25, -0.2) is 4.98 Å². The zero-order chi connectivity index (χ0) is 15.4. The highest BCUT2D eigenvalue weighted by molar-refractivity contribution is 7.16. The summed E-state index contributed by atoms with van der Waals surface area (Å²) < 4.78 is 5.28. The largest absolute Gasteiger partial charge is 0.462 e. The van der Waals surface area contributed by atoms with E-state index >= 15 is 0 Å². The van der Waals surface area contributed by atoms with Crippen LogP contribution in [0.3, 0.4) is 0 Å². The molecule has 0 fully saturated rings. The summed E-state index contributed by atoms with van der Waals surface area (Å²) in [6.45, 7) is 4.82. The third-order valence-electron chi connectivity index (χ3n) is 3.45. The number of thiazole rings is 1. The van der Waals surface area contributed by atoms with E-state index in [4.69, 9.17) is 10.2 Å². The topological polar surface area (TPSA) is 72.4 Å². The van der Waals surface area contributed by atoms with E-state index in [-0.39, 0.29) is 36.8 Å². The molecule has 0 spiro atoms. The first-order valence-corrected chi connectivity index (χ1v) is 7.81. The van der Waals surface area contributed by atoms with Gasteiger partial charge in [-0.15, -0.1) is 36.2 Å². The average molecular weight is 380 g/mol. The first kappa shape index (κ1) is 21.9. The Bertz CT molecular complexity index is 587. The maximum Gasteiger partial charge on any atom is 0.265 e. The van der Waals surface area contributed by atoms with Gasteiger partial charge in [0, 0.05) is 19.6 Å². The number of halogens is 2. The number of furan rings is 1. The standard InChI is InChI=1S/C15H21N3O2S.2ClH/c1-10(2)11(16)6-7-18(3)15(19)13-9-17-14(21-13)12-5-4-8-20-12;;/h4-5,8-11H,6-7,16H2,1-3H3;2*1H. The van der Waals surface area contributed by atoms with E-state index < -0.39 is 0 Å². The predicted molar refractivity (Wildman–Crippen MR) is 98.7 cm³/mol. The Morgan fingerprint density at radius 2 is 2.13 bits per heavy atom. The van der Waals surface area contributed by atoms with E-state index in [2.05, 4.69) is 18.8 Å². The van der Waals surface area contributed by atoms with Crippen molar-refractivity contribution in [2.75, 3.05) is 13.6 Å². The third-order valence-corrected chi connectivity index (χ3v) is 4.45. The van der Waals surface area contributed by atoms with Crippen LogP contribution in [0.4, 0.5) is 0 Å². The molecule has 2 aromatic heterocycles. The number of carbonyl (C=O) groups excluding carboxylic acids is 1. The van der Waals surface area contributed by atoms with Gasteiger partial charge in [-0.3, -0.25) is 4.79 Å². The summed E-state index contributed by atoms with van der Waals surface area (Å²) in [6, 6.07) is 3.75. The van der Waals surface area contributed by atoms with E-state index in [0.717, 1.165) is 11.4 Å². The highest BCUT2D eigenvalue weighted by atomic mass is 35.5. The molecule has 23 heavy (non-hydrogen) atoms. The Hall–Kier alpha value is -1.08. The Labute approximate surface area is 153 Å². The molecule has 5 nitrogen and oxygen atoms in total. The van der Waals surface area contributed by atoms with Crippen LogP contribution in [0.2, 0.25) is 0 Å². The molecule has 0 aromatic carbocycles. The molecule has 0 saturated carbocycles. The van der Waals surface area contributed by atoms with Crippen LogP contribution in [0.5, 0.6) is 0 Å². The van der Waals surface area contributed by atoms with Gasteiger partial charge in [-0.2, -0.15) is 0 Å². The van der Waals surface area contributed by atoms with Crippen LogP contribution in [0, 0.1) is 5.92 Å². The third kappa shape index (κ3) is 5.80. The van der Waals surface area contributed by atoms with Crippen molar-refractivity contribution in [3.63, 3.8) is 0 Å². The van der Waals surface area contributed by atoms with Gasteiger partial charge in [-0.05, 0) is 24.5 Å². The van der Waals surface area contributed by atoms with Gasteiger partial charge in [0.2, 0.25) is 0 Å². The molecule has 0 aliphatic carbocycles. The van der Waals surface area contributed by atoms with Crippen molar-refractivity contribution in [3.8, 4) is 10.8 Å². The maximum absolute atomic E-state index is 12.3. The minimum absolute atomic E-state index is 0. The quantitative estimate of drug-likeness (QED) is 0.830. The molecular formula is C15H23Cl2N3O2S. The van der Waals surface area contributed by atoms with Gasteiger partial charge in [-0.1, -0.05) is 13.8 Å². The van der Waals surface area contributed by atoms with Crippen molar-refractivity contribution in [2.45, 2.75) is 26.3 Å². The molecule has 0 aliphatic heterocycles. The minimum atomic E-state index is -0.0266. The van der Waals surface area contributed by atoms with Crippen molar-refractivity contribution in [1.82, 2.24) is 9.88 Å². The van der Waals surface area contributed by atoms with Gasteiger partial charge in [0.05, 0.1) is 12.5 Å². The molecule has 1 amide bonds. The highest BCUT2D eigenvalue weighted by Gasteiger charge is 2.18. The van der Waals surface area contributed by atoms with Gasteiger partial charge >= 0.3 is 0 Å². The lowest BCUT2D eigenvalue weighted by Gasteiger charge is -2.20. The Morgan fingerprint density at radius 1 is 1.43 bits per heavy atom. The van der Waals surface area contributed by atoms with Crippen LogP contribution < -0.4 is 5.73 Å². The van der Waals surface area contributed by atoms with Crippen molar-refractivity contribution in [1.29, 1.82) is 0 Å². The lowest BCUT2D eigenvalue weighted by Crippen LogP contribution is -2.34. The van der Waals surface area contributed by atoms with Crippen molar-refractivity contribution in [3.05, 3.63) is 29.5 Å². The van der Waals surface area contributed by atoms with Crippen LogP contribution >= 0.6 is 36.2 Å². The molecule has 0 aliphatic rings. The van der Waals surface area contributed by atoms with Crippen LogP contribution in [-0.2, 0) is 0 Å². The van der Waals surface area contributed by atoms with Gasteiger partial charge < -0.3 is 15.1 Å². The zero-order valence-electron chi connectivity index (χ0n) is 13.4. The van der Waals surface area contributed by atoms with Gasteiger partial charge in [0.15, 0.2) is 10.8 Å². The second-order valence-corrected chi connectivity index (χ2v) is 6.46. The van der Waals surface area contributed by atoms with Gasteiger partial charge in [0.25, 0.3) is 5.91 Å². The first-order chi connectivity index (χ1) is 9.99. The molecule has 2 heterocycles. The van der Waals surface area contributed by atoms with Crippen LogP contribution in [0.25, 0.3) is 10.8 Å². The Balaban J connectivity index is 0.00000242. The van der Waals surface area contributed by atoms with E-state index in [1.807, 2.05) is 6.07 Å². The van der Waals surface area contributed by atoms with Crippen molar-refractivity contribution in [2.24, 2.45) is 11.7 Å². The summed E-state index contributed by atoms with van der Waals surface area (Å²) in [5.41, 5.74) is 6.01. The second kappa shape index (κ2) is 9.93. The summed E-state index contributed by atoms with van der Waals surface area (Å²) in [6.07, 6.45) is 3.99. The smallest absolute Gasteiger partial charge is 0.265 e. The number of nitrogens with zero attached hydrogens (tertiary/aromatic N) is 2. The number of nitrogens with two attached hydrogens (primary N) is 1. The molecule has 0 saturated heterocycles. The monoisotopic (exact) mass is 379 g/mol. The molecule has 130 valence electrons. The zero-order valence-corrected chi connectivity index (χ0v) is 15.8. The predicted octanol–water partition coefficient (Wildman–Crippen LogP) is 3.69. The molecule has 2 rings (SSSR count). The fourth-order valence-electron chi connectivity index (χ4n) is 1.85. The van der Waals surface area contributed by atoms with E-state index in [0.29, 0.717) is 23.1 Å². The minimum Gasteiger partial charge on any atom is -0.462 e. The Kier molecular flexibility index (Phi) is 9.46. The SMILES string of the molecule is CC(C)C(N)CCN(C)C(=O)c1cnc(-c2ccco2)s1.Cl.Cl. The number of amides is 1. The number of rotatable bonds is 6. The second-order valence-electron chi connectivity index (χ2n) is 5.43. The molecule has 8 heteroatoms. The summed E-state index contributed by atoms with van der Waals surface area (Å²) in [4.78, 5) is 18.9. The van der Waals surface area contributed by atoms with E-state index in [9.17, 15) is 4.79 Å². The first-order valence-electron chi connectivity index (χ1n) is 6.99. The van der Waals surface area contributed by atoms with Gasteiger partial charge in [0.1, 0.15) is 4.88 Å². The van der Waals surface area contributed by atoms with Crippen LogP contribution in [-0.4, -0.2) is 35.4 Å². The fraction of sp³-hybridized carbons (Fsp3) is 0.467. The normalized spacial score (nSPS) is 11.5.